The number of carboxylic acids is 1. The molecule has 5 nitrogen and oxygen atoms in total. The first kappa shape index (κ1) is 12.8. The topological polar surface area (TPSA) is 81.8 Å². The number of nitrogen functional groups attached to an aromatic ring is 1. The van der Waals surface area contributed by atoms with E-state index in [1.54, 1.807) is 24.3 Å². The van der Waals surface area contributed by atoms with Crippen LogP contribution in [0.2, 0.25) is 0 Å². The molecule has 19 heavy (non-hydrogen) atoms. The van der Waals surface area contributed by atoms with Crippen LogP contribution >= 0.6 is 0 Å². The van der Waals surface area contributed by atoms with E-state index in [0.29, 0.717) is 17.2 Å². The van der Waals surface area contributed by atoms with Gasteiger partial charge in [-0.05, 0) is 30.3 Å². The summed E-state index contributed by atoms with van der Waals surface area (Å²) in [5.41, 5.74) is 5.78. The maximum atomic E-state index is 11.0. The highest BCUT2D eigenvalue weighted by molar-refractivity contribution is 5.94. The molecule has 3 N–H and O–H groups in total. The number of carbonyl (C=O) groups is 1. The molecular weight excluding hydrogens is 246 g/mol. The second-order valence-electron chi connectivity index (χ2n) is 3.81. The van der Waals surface area contributed by atoms with Gasteiger partial charge in [-0.2, -0.15) is 0 Å². The Hall–Kier alpha value is -2.69. The van der Waals surface area contributed by atoms with E-state index in [2.05, 4.69) is 0 Å². The van der Waals surface area contributed by atoms with Crippen molar-refractivity contribution in [3.63, 3.8) is 0 Å². The quantitative estimate of drug-likeness (QED) is 0.825. The monoisotopic (exact) mass is 259 g/mol. The molecule has 0 aliphatic carbocycles. The molecule has 0 aliphatic heterocycles. The molecule has 0 heterocycles. The molecule has 0 fully saturated rings. The summed E-state index contributed by atoms with van der Waals surface area (Å²) < 4.78 is 10.8. The summed E-state index contributed by atoms with van der Waals surface area (Å²) in [5, 5.41) is 9.00. The van der Waals surface area contributed by atoms with Gasteiger partial charge in [0.05, 0.1) is 12.7 Å². The molecule has 0 saturated carbocycles. The lowest BCUT2D eigenvalue weighted by Gasteiger charge is -2.11. The number of para-hydroxylation sites is 2. The van der Waals surface area contributed by atoms with Crippen LogP contribution in [0.25, 0.3) is 0 Å². The molecular formula is C14H13NO4. The summed E-state index contributed by atoms with van der Waals surface area (Å²) >= 11 is 0. The Labute approximate surface area is 110 Å². The standard InChI is InChI=1S/C14H13NO4/c1-18-12-4-2-3-5-13(12)19-9-6-7-11(15)10(8-9)14(16)17/h2-8H,15H2,1H3,(H,16,17). The van der Waals surface area contributed by atoms with Crippen LogP contribution in [0.15, 0.2) is 42.5 Å². The van der Waals surface area contributed by atoms with Gasteiger partial charge in [0.25, 0.3) is 0 Å². The highest BCUT2D eigenvalue weighted by Crippen LogP contribution is 2.32. The predicted octanol–water partition coefficient (Wildman–Crippen LogP) is 2.77. The molecule has 0 aliphatic rings. The van der Waals surface area contributed by atoms with E-state index in [9.17, 15) is 4.79 Å². The molecule has 0 radical (unpaired) electrons. The first-order valence-electron chi connectivity index (χ1n) is 5.55. The smallest absolute Gasteiger partial charge is 0.337 e. The van der Waals surface area contributed by atoms with Crippen LogP contribution in [0.5, 0.6) is 17.2 Å². The molecule has 98 valence electrons. The largest absolute Gasteiger partial charge is 0.493 e. The van der Waals surface area contributed by atoms with Gasteiger partial charge >= 0.3 is 5.97 Å². The SMILES string of the molecule is COc1ccccc1Oc1ccc(N)c(C(=O)O)c1. The Balaban J connectivity index is 2.33. The normalized spacial score (nSPS) is 9.95. The third-order valence-electron chi connectivity index (χ3n) is 2.55. The minimum Gasteiger partial charge on any atom is -0.493 e. The van der Waals surface area contributed by atoms with Crippen molar-refractivity contribution in [2.24, 2.45) is 0 Å². The van der Waals surface area contributed by atoms with E-state index in [1.165, 1.54) is 19.2 Å². The Morgan fingerprint density at radius 2 is 1.84 bits per heavy atom. The van der Waals surface area contributed by atoms with E-state index in [4.69, 9.17) is 20.3 Å². The first-order chi connectivity index (χ1) is 9.11. The van der Waals surface area contributed by atoms with Crippen LogP contribution in [0.3, 0.4) is 0 Å². The molecule has 0 atom stereocenters. The molecule has 0 spiro atoms. The summed E-state index contributed by atoms with van der Waals surface area (Å²) in [7, 11) is 1.54. The molecule has 0 unspecified atom stereocenters. The maximum Gasteiger partial charge on any atom is 0.337 e. The Bertz CT molecular complexity index is 610. The zero-order valence-corrected chi connectivity index (χ0v) is 10.3. The van der Waals surface area contributed by atoms with Crippen LogP contribution in [-0.2, 0) is 0 Å². The number of nitrogens with two attached hydrogens (primary N) is 1. The van der Waals surface area contributed by atoms with Gasteiger partial charge in [0.2, 0.25) is 0 Å². The Kier molecular flexibility index (Phi) is 3.56. The van der Waals surface area contributed by atoms with Crippen LogP contribution in [0.1, 0.15) is 10.4 Å². The number of methoxy groups -OCH3 is 1. The van der Waals surface area contributed by atoms with Gasteiger partial charge in [0, 0.05) is 5.69 Å². The number of aromatic carboxylic acids is 1. The Morgan fingerprint density at radius 1 is 1.16 bits per heavy atom. The van der Waals surface area contributed by atoms with E-state index in [0.717, 1.165) is 0 Å². The van der Waals surface area contributed by atoms with Crippen molar-refractivity contribution in [2.75, 3.05) is 12.8 Å². The fraction of sp³-hybridized carbons (Fsp3) is 0.0714. The number of rotatable bonds is 4. The average molecular weight is 259 g/mol. The highest BCUT2D eigenvalue weighted by atomic mass is 16.5. The van der Waals surface area contributed by atoms with Gasteiger partial charge in [-0.15, -0.1) is 0 Å². The molecule has 2 aromatic carbocycles. The van der Waals surface area contributed by atoms with E-state index in [-0.39, 0.29) is 11.3 Å². The van der Waals surface area contributed by atoms with Crippen molar-refractivity contribution >= 4 is 11.7 Å². The van der Waals surface area contributed by atoms with Crippen molar-refractivity contribution in [3.8, 4) is 17.2 Å². The lowest BCUT2D eigenvalue weighted by Crippen LogP contribution is -2.02. The van der Waals surface area contributed by atoms with E-state index >= 15 is 0 Å². The fourth-order valence-corrected chi connectivity index (χ4v) is 1.61. The van der Waals surface area contributed by atoms with Crippen LogP contribution in [0, 0.1) is 0 Å². The van der Waals surface area contributed by atoms with Gasteiger partial charge < -0.3 is 20.3 Å². The fourth-order valence-electron chi connectivity index (χ4n) is 1.61. The minimum absolute atomic E-state index is 0.00685. The molecule has 2 rings (SSSR count). The van der Waals surface area contributed by atoms with E-state index < -0.39 is 5.97 Å². The predicted molar refractivity (Wildman–Crippen MR) is 70.9 cm³/mol. The summed E-state index contributed by atoms with van der Waals surface area (Å²) in [6.45, 7) is 0. The maximum absolute atomic E-state index is 11.0. The average Bonchev–Trinajstić information content (AvgIpc) is 2.41. The number of ether oxygens (including phenoxy) is 2. The molecule has 2 aromatic rings. The lowest BCUT2D eigenvalue weighted by molar-refractivity contribution is 0.0697. The third-order valence-corrected chi connectivity index (χ3v) is 2.55. The molecule has 5 heteroatoms. The van der Waals surface area contributed by atoms with Crippen LogP contribution in [0.4, 0.5) is 5.69 Å². The number of hydrogen-bond donors (Lipinski definition) is 2. The molecule has 0 bridgehead atoms. The molecule has 0 aromatic heterocycles. The van der Waals surface area contributed by atoms with Gasteiger partial charge in [0.1, 0.15) is 5.75 Å². The third kappa shape index (κ3) is 2.77. The second-order valence-corrected chi connectivity index (χ2v) is 3.81. The van der Waals surface area contributed by atoms with Crippen LogP contribution in [-0.4, -0.2) is 18.2 Å². The van der Waals surface area contributed by atoms with Crippen molar-refractivity contribution < 1.29 is 19.4 Å². The lowest BCUT2D eigenvalue weighted by atomic mass is 10.2. The van der Waals surface area contributed by atoms with Gasteiger partial charge in [-0.3, -0.25) is 0 Å². The Morgan fingerprint density at radius 3 is 2.47 bits per heavy atom. The first-order valence-corrected chi connectivity index (χ1v) is 5.55. The molecule has 0 saturated heterocycles. The van der Waals surface area contributed by atoms with Crippen molar-refractivity contribution in [1.82, 2.24) is 0 Å². The van der Waals surface area contributed by atoms with Crippen molar-refractivity contribution in [3.05, 3.63) is 48.0 Å². The number of benzene rings is 2. The summed E-state index contributed by atoms with van der Waals surface area (Å²) in [4.78, 5) is 11.0. The van der Waals surface area contributed by atoms with Gasteiger partial charge in [-0.1, -0.05) is 12.1 Å². The zero-order valence-electron chi connectivity index (χ0n) is 10.3. The van der Waals surface area contributed by atoms with E-state index in [1.807, 2.05) is 6.07 Å². The number of hydrogen-bond acceptors (Lipinski definition) is 4. The summed E-state index contributed by atoms with van der Waals surface area (Å²) in [6, 6.07) is 11.6. The molecule has 0 amide bonds. The van der Waals surface area contributed by atoms with Crippen molar-refractivity contribution in [1.29, 1.82) is 0 Å². The second kappa shape index (κ2) is 5.30. The minimum atomic E-state index is -1.09. The summed E-state index contributed by atoms with van der Waals surface area (Å²) in [6.07, 6.45) is 0. The van der Waals surface area contributed by atoms with Crippen LogP contribution < -0.4 is 15.2 Å². The highest BCUT2D eigenvalue weighted by Gasteiger charge is 2.11. The van der Waals surface area contributed by atoms with Gasteiger partial charge in [-0.25, -0.2) is 4.79 Å². The van der Waals surface area contributed by atoms with Crippen molar-refractivity contribution in [2.45, 2.75) is 0 Å². The zero-order chi connectivity index (χ0) is 13.8. The number of carboxylic acid groups (broad SMARTS) is 1. The van der Waals surface area contributed by atoms with Gasteiger partial charge in [0.15, 0.2) is 11.5 Å². The number of anilines is 1. The summed E-state index contributed by atoms with van der Waals surface area (Å²) in [5.74, 6) is 0.362.